The van der Waals surface area contributed by atoms with E-state index in [4.69, 9.17) is 11.6 Å². The highest BCUT2D eigenvalue weighted by Gasteiger charge is 2.44. The van der Waals surface area contributed by atoms with E-state index in [0.29, 0.717) is 5.56 Å². The summed E-state index contributed by atoms with van der Waals surface area (Å²) in [6.07, 6.45) is -4.29. The summed E-state index contributed by atoms with van der Waals surface area (Å²) in [5, 5.41) is 9.36. The Hall–Kier alpha value is -1.07. The van der Waals surface area contributed by atoms with Crippen molar-refractivity contribution in [1.29, 1.82) is 0 Å². The largest absolute Gasteiger partial charge is 0.586 e. The first-order chi connectivity index (χ1) is 7.52. The van der Waals surface area contributed by atoms with Crippen LogP contribution in [0.2, 0.25) is 0 Å². The van der Waals surface area contributed by atoms with E-state index >= 15 is 0 Å². The van der Waals surface area contributed by atoms with Crippen molar-refractivity contribution in [1.82, 2.24) is 0 Å². The van der Waals surface area contributed by atoms with Crippen LogP contribution in [0.5, 0.6) is 11.5 Å². The molecule has 1 aromatic carbocycles. The van der Waals surface area contributed by atoms with E-state index < -0.39 is 12.4 Å². The molecule has 0 fully saturated rings. The molecule has 1 unspecified atom stereocenters. The molecule has 1 atom stereocenters. The summed E-state index contributed by atoms with van der Waals surface area (Å²) >= 11 is 5.44. The van der Waals surface area contributed by atoms with Gasteiger partial charge in [-0.05, 0) is 6.07 Å². The van der Waals surface area contributed by atoms with Gasteiger partial charge in [-0.25, -0.2) is 0 Å². The quantitative estimate of drug-likeness (QED) is 0.836. The predicted octanol–water partition coefficient (Wildman–Crippen LogP) is 2.15. The molecule has 1 aliphatic rings. The van der Waals surface area contributed by atoms with Gasteiger partial charge in [0.2, 0.25) is 0 Å². The number of hydrogen-bond acceptors (Lipinski definition) is 3. The van der Waals surface area contributed by atoms with Gasteiger partial charge in [-0.15, -0.1) is 20.4 Å². The van der Waals surface area contributed by atoms with Crippen molar-refractivity contribution < 1.29 is 23.4 Å². The molecule has 0 aromatic heterocycles. The number of hydrogen-bond donors (Lipinski definition) is 1. The van der Waals surface area contributed by atoms with Gasteiger partial charge in [-0.1, -0.05) is 12.1 Å². The minimum absolute atomic E-state index is 0.0238. The average molecular weight is 251 g/mol. The molecule has 0 radical (unpaired) electrons. The molecule has 1 heterocycles. The van der Waals surface area contributed by atoms with Crippen LogP contribution in [0, 0.1) is 0 Å². The summed E-state index contributed by atoms with van der Waals surface area (Å²) in [5.41, 5.74) is 0.447. The second kappa shape index (κ2) is 4.07. The topological polar surface area (TPSA) is 38.7 Å². The van der Waals surface area contributed by atoms with Gasteiger partial charge in [0.1, 0.15) is 0 Å². The lowest BCUT2D eigenvalue weighted by molar-refractivity contribution is -0.287. The first kappa shape index (κ1) is 11.4. The van der Waals surface area contributed by atoms with Crippen LogP contribution >= 0.6 is 11.6 Å². The summed E-state index contributed by atoms with van der Waals surface area (Å²) in [6.45, 7) is 0. The van der Waals surface area contributed by atoms with Gasteiger partial charge in [0.05, 0.1) is 6.10 Å². The molecule has 16 heavy (non-hydrogen) atoms. The lowest BCUT2D eigenvalue weighted by Gasteiger charge is -2.09. The second-order valence-electron chi connectivity index (χ2n) is 3.42. The van der Waals surface area contributed by atoms with E-state index in [0.717, 1.165) is 0 Å². The van der Waals surface area contributed by atoms with E-state index in [1.54, 1.807) is 12.1 Å². The van der Waals surface area contributed by atoms with Gasteiger partial charge >= 0.3 is 6.29 Å². The third kappa shape index (κ3) is 2.20. The Morgan fingerprint density at radius 3 is 2.81 bits per heavy atom. The van der Waals surface area contributed by atoms with Crippen LogP contribution < -0.4 is 9.47 Å². The zero-order valence-electron chi connectivity index (χ0n) is 8.12. The number of aliphatic hydroxyl groups excluding tert-OH is 1. The Bertz CT molecular complexity index is 398. The van der Waals surface area contributed by atoms with Crippen LogP contribution in [0.3, 0.4) is 0 Å². The van der Waals surface area contributed by atoms with E-state index in [9.17, 15) is 13.9 Å². The molecule has 0 saturated carbocycles. The van der Waals surface area contributed by atoms with Crippen molar-refractivity contribution in [3.8, 4) is 11.5 Å². The maximum absolute atomic E-state index is 12.8. The van der Waals surface area contributed by atoms with Gasteiger partial charge < -0.3 is 14.6 Å². The minimum atomic E-state index is -3.63. The fourth-order valence-corrected chi connectivity index (χ4v) is 1.60. The molecule has 0 amide bonds. The number of alkyl halides is 3. The highest BCUT2D eigenvalue weighted by atomic mass is 35.5. The first-order valence-electron chi connectivity index (χ1n) is 4.63. The number of rotatable bonds is 3. The van der Waals surface area contributed by atoms with Crippen molar-refractivity contribution in [3.05, 3.63) is 23.8 Å². The molecule has 0 spiro atoms. The minimum Gasteiger partial charge on any atom is -0.395 e. The number of aliphatic hydroxyl groups is 1. The highest BCUT2D eigenvalue weighted by Crippen LogP contribution is 2.43. The van der Waals surface area contributed by atoms with E-state index in [1.807, 2.05) is 0 Å². The molecule has 2 rings (SSSR count). The summed E-state index contributed by atoms with van der Waals surface area (Å²) in [6, 6.07) is 4.52. The summed E-state index contributed by atoms with van der Waals surface area (Å²) in [7, 11) is 0. The third-order valence-electron chi connectivity index (χ3n) is 2.14. The van der Waals surface area contributed by atoms with Crippen LogP contribution in [0.15, 0.2) is 18.2 Å². The van der Waals surface area contributed by atoms with Gasteiger partial charge in [0, 0.05) is 17.9 Å². The number of para-hydroxylation sites is 1. The normalized spacial score (nSPS) is 18.5. The zero-order valence-corrected chi connectivity index (χ0v) is 8.88. The van der Waals surface area contributed by atoms with Crippen LogP contribution in [-0.4, -0.2) is 23.4 Å². The van der Waals surface area contributed by atoms with Crippen molar-refractivity contribution in [2.45, 2.75) is 18.8 Å². The van der Waals surface area contributed by atoms with E-state index in [2.05, 4.69) is 9.47 Å². The van der Waals surface area contributed by atoms with Gasteiger partial charge in [-0.2, -0.15) is 0 Å². The molecular weight excluding hydrogens is 242 g/mol. The van der Waals surface area contributed by atoms with Crippen molar-refractivity contribution in [2.75, 3.05) is 5.88 Å². The SMILES string of the molecule is OC(CCl)Cc1cccc2c1OC(F)(F)O2. The van der Waals surface area contributed by atoms with Crippen LogP contribution in [-0.2, 0) is 6.42 Å². The number of benzene rings is 1. The molecule has 0 aliphatic carbocycles. The molecule has 3 nitrogen and oxygen atoms in total. The van der Waals surface area contributed by atoms with Crippen molar-refractivity contribution in [2.24, 2.45) is 0 Å². The molecule has 6 heteroatoms. The lowest BCUT2D eigenvalue weighted by atomic mass is 10.1. The monoisotopic (exact) mass is 250 g/mol. The first-order valence-corrected chi connectivity index (χ1v) is 5.17. The Balaban J connectivity index is 2.26. The van der Waals surface area contributed by atoms with Crippen LogP contribution in [0.4, 0.5) is 8.78 Å². The average Bonchev–Trinajstić information content (AvgIpc) is 2.53. The van der Waals surface area contributed by atoms with Crippen LogP contribution in [0.25, 0.3) is 0 Å². The van der Waals surface area contributed by atoms with E-state index in [1.165, 1.54) is 6.07 Å². The highest BCUT2D eigenvalue weighted by molar-refractivity contribution is 6.18. The molecular formula is C10H9ClF2O3. The second-order valence-corrected chi connectivity index (χ2v) is 3.73. The Kier molecular flexibility index (Phi) is 2.90. The van der Waals surface area contributed by atoms with Crippen LogP contribution in [0.1, 0.15) is 5.56 Å². The molecule has 0 saturated heterocycles. The third-order valence-corrected chi connectivity index (χ3v) is 2.50. The smallest absolute Gasteiger partial charge is 0.395 e. The standard InChI is InChI=1S/C10H9ClF2O3/c11-5-7(14)4-6-2-1-3-8-9(6)16-10(12,13)15-8/h1-3,7,14H,4-5H2. The fraction of sp³-hybridized carbons (Fsp3) is 0.400. The molecule has 1 aromatic rings. The van der Waals surface area contributed by atoms with Gasteiger partial charge in [-0.3, -0.25) is 0 Å². The van der Waals surface area contributed by atoms with Crippen molar-refractivity contribution >= 4 is 11.6 Å². The zero-order chi connectivity index (χ0) is 11.8. The molecule has 1 N–H and O–H groups in total. The van der Waals surface area contributed by atoms with E-state index in [-0.39, 0.29) is 23.8 Å². The van der Waals surface area contributed by atoms with Gasteiger partial charge in [0.15, 0.2) is 11.5 Å². The number of ether oxygens (including phenoxy) is 2. The van der Waals surface area contributed by atoms with Gasteiger partial charge in [0.25, 0.3) is 0 Å². The Morgan fingerprint density at radius 1 is 1.38 bits per heavy atom. The fourth-order valence-electron chi connectivity index (χ4n) is 1.49. The maximum Gasteiger partial charge on any atom is 0.586 e. The Morgan fingerprint density at radius 2 is 2.12 bits per heavy atom. The van der Waals surface area contributed by atoms with Crippen molar-refractivity contribution in [3.63, 3.8) is 0 Å². The molecule has 1 aliphatic heterocycles. The summed E-state index contributed by atoms with van der Waals surface area (Å²) in [4.78, 5) is 0. The number of fused-ring (bicyclic) bond motifs is 1. The maximum atomic E-state index is 12.8. The summed E-state index contributed by atoms with van der Waals surface area (Å²) in [5.74, 6) is -0.0260. The summed E-state index contributed by atoms with van der Waals surface area (Å²) < 4.78 is 34.2. The molecule has 0 bridgehead atoms. The Labute approximate surface area is 95.5 Å². The molecule has 88 valence electrons. The number of halogens is 3. The predicted molar refractivity (Wildman–Crippen MR) is 53.1 cm³/mol. The lowest BCUT2D eigenvalue weighted by Crippen LogP contribution is -2.26.